The van der Waals surface area contributed by atoms with Gasteiger partial charge in [0.05, 0.1) is 46.7 Å². The van der Waals surface area contributed by atoms with Crippen molar-refractivity contribution in [2.75, 3.05) is 25.1 Å². The van der Waals surface area contributed by atoms with E-state index in [1.54, 1.807) is 36.6 Å². The number of carbonyl (C=O) groups excluding carboxylic acids is 2. The predicted octanol–water partition coefficient (Wildman–Crippen LogP) is 5.19. The first-order valence-electron chi connectivity index (χ1n) is 14.2. The van der Waals surface area contributed by atoms with Gasteiger partial charge in [0.1, 0.15) is 12.6 Å². The number of carbonyl (C=O) groups is 2. The van der Waals surface area contributed by atoms with Crippen molar-refractivity contribution in [3.05, 3.63) is 118 Å². The van der Waals surface area contributed by atoms with Gasteiger partial charge in [-0.05, 0) is 41.0 Å². The summed E-state index contributed by atoms with van der Waals surface area (Å²) in [5, 5.41) is 6.16. The molecule has 9 nitrogen and oxygen atoms in total. The summed E-state index contributed by atoms with van der Waals surface area (Å²) in [7, 11) is 1.55. The topological polar surface area (TPSA) is 101 Å². The molecular weight excluding hydrogens is 596 g/mol. The third-order valence-corrected chi connectivity index (χ3v) is 8.66. The summed E-state index contributed by atoms with van der Waals surface area (Å²) in [5.74, 6) is -0.159. The highest BCUT2D eigenvalue weighted by Crippen LogP contribution is 2.36. The molecule has 0 radical (unpaired) electrons. The number of hydrogen-bond donors (Lipinski definition) is 2. The molecule has 2 N–H and O–H groups in total. The van der Waals surface area contributed by atoms with E-state index >= 15 is 0 Å². The first-order chi connectivity index (χ1) is 21.5. The second-order valence-corrected chi connectivity index (χ2v) is 11.8. The molecule has 11 heteroatoms. The Balaban J connectivity index is 1.17. The minimum Gasteiger partial charge on any atom is -0.489 e. The van der Waals surface area contributed by atoms with E-state index in [-0.39, 0.29) is 11.8 Å². The van der Waals surface area contributed by atoms with Crippen LogP contribution in [0, 0.1) is 0 Å². The molecule has 3 aromatic carbocycles. The van der Waals surface area contributed by atoms with Gasteiger partial charge in [0.25, 0.3) is 5.91 Å². The van der Waals surface area contributed by atoms with E-state index in [0.29, 0.717) is 49.0 Å². The molecule has 0 saturated carbocycles. The van der Waals surface area contributed by atoms with Crippen LogP contribution in [0.5, 0.6) is 5.75 Å². The Morgan fingerprint density at radius 1 is 1.00 bits per heavy atom. The number of rotatable bonds is 10. The molecule has 0 fully saturated rings. The fraction of sp³-hybridized carbons (Fsp3) is 0.212. The second-order valence-electron chi connectivity index (χ2n) is 10.5. The molecule has 0 saturated heterocycles. The SMILES string of the molecule is CNC(=O)[C@H](Cc1ccc(Cl)cc1)NC(=O)c1cccc2c1OCCN2Cc1cncn1Cc1ccc(-c2cncs2)cc1. The highest BCUT2D eigenvalue weighted by atomic mass is 35.5. The number of para-hydroxylation sites is 1. The van der Waals surface area contributed by atoms with Crippen molar-refractivity contribution in [1.82, 2.24) is 25.2 Å². The number of halogens is 1. The van der Waals surface area contributed by atoms with Crippen LogP contribution in [-0.4, -0.2) is 52.6 Å². The van der Waals surface area contributed by atoms with Gasteiger partial charge in [0.15, 0.2) is 5.75 Å². The van der Waals surface area contributed by atoms with E-state index in [9.17, 15) is 9.59 Å². The molecule has 0 aliphatic carbocycles. The number of nitrogens with one attached hydrogen (secondary N) is 2. The van der Waals surface area contributed by atoms with Gasteiger partial charge >= 0.3 is 0 Å². The van der Waals surface area contributed by atoms with E-state index in [0.717, 1.165) is 27.4 Å². The average Bonchev–Trinajstić information content (AvgIpc) is 3.74. The number of likely N-dealkylation sites (N-methyl/N-ethyl adjacent to an activating group) is 1. The summed E-state index contributed by atoms with van der Waals surface area (Å²) >= 11 is 7.64. The largest absolute Gasteiger partial charge is 0.489 e. The summed E-state index contributed by atoms with van der Waals surface area (Å²) < 4.78 is 8.19. The molecule has 0 spiro atoms. The Morgan fingerprint density at radius 2 is 1.80 bits per heavy atom. The van der Waals surface area contributed by atoms with Gasteiger partial charge in [-0.2, -0.15) is 0 Å². The van der Waals surface area contributed by atoms with Crippen molar-refractivity contribution < 1.29 is 14.3 Å². The molecule has 1 atom stereocenters. The Labute approximate surface area is 264 Å². The van der Waals surface area contributed by atoms with Crippen LogP contribution in [0.1, 0.15) is 27.2 Å². The number of thiazole rings is 1. The molecule has 0 bridgehead atoms. The van der Waals surface area contributed by atoms with E-state index < -0.39 is 6.04 Å². The first-order valence-corrected chi connectivity index (χ1v) is 15.5. The quantitative estimate of drug-likeness (QED) is 0.221. The van der Waals surface area contributed by atoms with Gasteiger partial charge in [-0.3, -0.25) is 14.6 Å². The number of ether oxygens (including phenoxy) is 1. The Kier molecular flexibility index (Phi) is 8.90. The van der Waals surface area contributed by atoms with E-state index in [1.807, 2.05) is 48.5 Å². The van der Waals surface area contributed by atoms with Gasteiger partial charge in [0.2, 0.25) is 5.91 Å². The average molecular weight is 627 g/mol. The number of anilines is 1. The normalized spacial score (nSPS) is 13.1. The summed E-state index contributed by atoms with van der Waals surface area (Å²) in [4.78, 5) is 38.2. The lowest BCUT2D eigenvalue weighted by molar-refractivity contribution is -0.122. The molecule has 2 aromatic heterocycles. The van der Waals surface area contributed by atoms with Crippen LogP contribution < -0.4 is 20.3 Å². The molecular formula is C33H31ClN6O3S. The fourth-order valence-corrected chi connectivity index (χ4v) is 6.02. The van der Waals surface area contributed by atoms with Crippen LogP contribution in [-0.2, 0) is 24.3 Å². The van der Waals surface area contributed by atoms with Crippen LogP contribution in [0.3, 0.4) is 0 Å². The second kappa shape index (κ2) is 13.3. The van der Waals surface area contributed by atoms with Crippen molar-refractivity contribution in [3.8, 4) is 16.2 Å². The zero-order valence-electron chi connectivity index (χ0n) is 24.1. The lowest BCUT2D eigenvalue weighted by Crippen LogP contribution is -2.47. The third-order valence-electron chi connectivity index (χ3n) is 7.58. The maximum absolute atomic E-state index is 13.5. The molecule has 44 heavy (non-hydrogen) atoms. The zero-order chi connectivity index (χ0) is 30.5. The molecule has 1 aliphatic heterocycles. The molecule has 3 heterocycles. The number of benzene rings is 3. The predicted molar refractivity (Wildman–Crippen MR) is 172 cm³/mol. The van der Waals surface area contributed by atoms with Crippen LogP contribution >= 0.6 is 22.9 Å². The van der Waals surface area contributed by atoms with Crippen molar-refractivity contribution in [3.63, 3.8) is 0 Å². The number of hydrogen-bond acceptors (Lipinski definition) is 7. The minimum atomic E-state index is -0.769. The lowest BCUT2D eigenvalue weighted by Gasteiger charge is -2.32. The monoisotopic (exact) mass is 626 g/mol. The lowest BCUT2D eigenvalue weighted by atomic mass is 10.0. The van der Waals surface area contributed by atoms with Crippen LogP contribution in [0.2, 0.25) is 5.02 Å². The molecule has 224 valence electrons. The molecule has 6 rings (SSSR count). The van der Waals surface area contributed by atoms with Crippen molar-refractivity contribution in [1.29, 1.82) is 0 Å². The van der Waals surface area contributed by atoms with Gasteiger partial charge in [-0.25, -0.2) is 4.98 Å². The highest BCUT2D eigenvalue weighted by Gasteiger charge is 2.27. The Hall–Kier alpha value is -4.67. The van der Waals surface area contributed by atoms with Gasteiger partial charge < -0.3 is 24.8 Å². The molecule has 5 aromatic rings. The van der Waals surface area contributed by atoms with Gasteiger partial charge in [-0.1, -0.05) is 54.1 Å². The summed E-state index contributed by atoms with van der Waals surface area (Å²) in [6, 6.07) is 20.5. The Bertz CT molecular complexity index is 1740. The number of fused-ring (bicyclic) bond motifs is 1. The molecule has 2 amide bonds. The molecule has 0 unspecified atom stereocenters. The van der Waals surface area contributed by atoms with E-state index in [4.69, 9.17) is 16.3 Å². The number of amides is 2. The van der Waals surface area contributed by atoms with Crippen LogP contribution in [0.4, 0.5) is 5.69 Å². The number of nitrogens with zero attached hydrogens (tertiary/aromatic N) is 4. The van der Waals surface area contributed by atoms with Gasteiger partial charge in [-0.15, -0.1) is 11.3 Å². The standard InChI is InChI=1S/C33H31ClN6O3S/c1-35-33(42)28(15-22-7-11-25(34)12-8-22)38-32(41)27-3-2-4-29-31(27)43-14-13-39(29)19-26-16-36-20-40(26)18-23-5-9-24(10-6-23)30-17-37-21-44-30/h2-12,16-17,20-21,28H,13-15,18-19H2,1H3,(H,35,42)(H,38,41)/t28-/m0/s1. The van der Waals surface area contributed by atoms with Gasteiger partial charge in [0, 0.05) is 37.4 Å². The van der Waals surface area contributed by atoms with E-state index in [2.05, 4.69) is 54.3 Å². The maximum Gasteiger partial charge on any atom is 0.255 e. The minimum absolute atomic E-state index is 0.285. The van der Waals surface area contributed by atoms with Crippen LogP contribution in [0.15, 0.2) is 91.0 Å². The maximum atomic E-state index is 13.5. The summed E-state index contributed by atoms with van der Waals surface area (Å²) in [5.41, 5.74) is 7.29. The smallest absolute Gasteiger partial charge is 0.255 e. The first kappa shape index (κ1) is 29.4. The fourth-order valence-electron chi connectivity index (χ4n) is 5.27. The zero-order valence-corrected chi connectivity index (χ0v) is 25.6. The van der Waals surface area contributed by atoms with Crippen molar-refractivity contribution in [2.45, 2.75) is 25.6 Å². The highest BCUT2D eigenvalue weighted by molar-refractivity contribution is 7.13. The summed E-state index contributed by atoms with van der Waals surface area (Å²) in [6.07, 6.45) is 5.92. The van der Waals surface area contributed by atoms with E-state index in [1.165, 1.54) is 5.56 Å². The van der Waals surface area contributed by atoms with Crippen molar-refractivity contribution >= 4 is 40.4 Å². The number of imidazole rings is 1. The third kappa shape index (κ3) is 6.61. The van der Waals surface area contributed by atoms with Crippen LogP contribution in [0.25, 0.3) is 10.4 Å². The summed E-state index contributed by atoms with van der Waals surface area (Å²) in [6.45, 7) is 2.36. The number of aromatic nitrogens is 3. The Morgan fingerprint density at radius 3 is 2.55 bits per heavy atom. The van der Waals surface area contributed by atoms with Crippen molar-refractivity contribution in [2.24, 2.45) is 0 Å². The molecule has 1 aliphatic rings.